The van der Waals surface area contributed by atoms with Gasteiger partial charge in [-0.2, -0.15) is 0 Å². The van der Waals surface area contributed by atoms with Crippen LogP contribution in [0.4, 0.5) is 0 Å². The summed E-state index contributed by atoms with van der Waals surface area (Å²) in [4.78, 5) is 12.6. The first-order chi connectivity index (χ1) is 14.6. The van der Waals surface area contributed by atoms with Crippen molar-refractivity contribution in [3.63, 3.8) is 0 Å². The van der Waals surface area contributed by atoms with E-state index >= 15 is 0 Å². The third-order valence-electron chi connectivity index (χ3n) is 3.95. The fourth-order valence-corrected chi connectivity index (χ4v) is 4.95. The van der Waals surface area contributed by atoms with Gasteiger partial charge < -0.3 is 13.8 Å². The predicted molar refractivity (Wildman–Crippen MR) is 130 cm³/mol. The Balaban J connectivity index is 0.000000500. The highest BCUT2D eigenvalue weighted by molar-refractivity contribution is 9.08. The minimum Gasteiger partial charge on any atom is -0.459 e. The number of ether oxygens (including phenoxy) is 1. The van der Waals surface area contributed by atoms with Crippen molar-refractivity contribution < 1.29 is 23.1 Å². The third-order valence-corrected chi connectivity index (χ3v) is 6.99. The van der Waals surface area contributed by atoms with Crippen molar-refractivity contribution in [2.24, 2.45) is 0 Å². The number of hydrogen-bond donors (Lipinski definition) is 0. The van der Waals surface area contributed by atoms with Crippen LogP contribution < -0.4 is 0 Å². The Bertz CT molecular complexity index is 796. The van der Waals surface area contributed by atoms with E-state index in [1.54, 1.807) is 34.6 Å². The molecule has 0 N–H and O–H groups in total. The molecule has 1 atom stereocenters. The molecule has 0 saturated carbocycles. The molecule has 2 aromatic rings. The maximum atomic E-state index is 13.1. The molecule has 0 aliphatic rings. The molecule has 0 radical (unpaired) electrons. The molecule has 0 heterocycles. The van der Waals surface area contributed by atoms with Crippen LogP contribution in [-0.4, -0.2) is 30.4 Å². The van der Waals surface area contributed by atoms with Crippen molar-refractivity contribution in [1.82, 2.24) is 0 Å². The predicted octanol–water partition coefficient (Wildman–Crippen LogP) is 6.79. The van der Waals surface area contributed by atoms with Crippen molar-refractivity contribution in [3.8, 4) is 0 Å². The zero-order valence-corrected chi connectivity index (χ0v) is 21.5. The van der Waals surface area contributed by atoms with E-state index in [-0.39, 0.29) is 19.6 Å². The smallest absolute Gasteiger partial charge is 0.345 e. The molecule has 1 unspecified atom stereocenters. The molecule has 172 valence electrons. The molecular formula is C24H34BrO5P. The molecule has 31 heavy (non-hydrogen) atoms. The molecular weight excluding hydrogens is 479 g/mol. The Morgan fingerprint density at radius 1 is 0.903 bits per heavy atom. The van der Waals surface area contributed by atoms with Crippen LogP contribution in [0, 0.1) is 0 Å². The van der Waals surface area contributed by atoms with E-state index in [1.165, 1.54) is 5.56 Å². The summed E-state index contributed by atoms with van der Waals surface area (Å²) in [5, 5.41) is 0.952. The minimum atomic E-state index is -3.61. The molecule has 0 aromatic heterocycles. The van der Waals surface area contributed by atoms with Gasteiger partial charge in [0.05, 0.1) is 13.2 Å². The molecule has 0 aliphatic heterocycles. The Kier molecular flexibility index (Phi) is 12.3. The summed E-state index contributed by atoms with van der Waals surface area (Å²) in [5.41, 5.74) is 0.550. The van der Waals surface area contributed by atoms with Crippen LogP contribution in [0.15, 0.2) is 60.7 Å². The summed E-state index contributed by atoms with van der Waals surface area (Å²) in [7, 11) is -3.61. The van der Waals surface area contributed by atoms with Crippen LogP contribution in [0.1, 0.15) is 45.7 Å². The number of rotatable bonds is 9. The lowest BCUT2D eigenvalue weighted by molar-refractivity contribution is -0.154. The SMILES string of the molecule is BrCc1ccccc1.CCOP(=O)(OCC)C(Cc1ccccc1)C(=O)OC(C)(C)C. The van der Waals surface area contributed by atoms with Gasteiger partial charge in [0, 0.05) is 5.33 Å². The standard InChI is InChI=1S/C17H27O5P.C7H7Br/c1-6-20-23(19,21-7-2)15(16(18)22-17(3,4)5)13-14-11-9-8-10-12-14;8-6-7-4-2-1-3-5-7/h8-12,15H,6-7,13H2,1-5H3;1-5H,6H2. The quantitative estimate of drug-likeness (QED) is 0.210. The van der Waals surface area contributed by atoms with Crippen molar-refractivity contribution in [2.75, 3.05) is 13.2 Å². The van der Waals surface area contributed by atoms with Gasteiger partial charge in [0.1, 0.15) is 5.60 Å². The lowest BCUT2D eigenvalue weighted by Gasteiger charge is -2.28. The first-order valence-corrected chi connectivity index (χ1v) is 13.1. The van der Waals surface area contributed by atoms with Gasteiger partial charge in [-0.1, -0.05) is 76.6 Å². The number of halogens is 1. The molecule has 0 aliphatic carbocycles. The number of carbonyl (C=O) groups excluding carboxylic acids is 1. The van der Waals surface area contributed by atoms with Gasteiger partial charge in [0.15, 0.2) is 5.66 Å². The van der Waals surface area contributed by atoms with Gasteiger partial charge in [-0.25, -0.2) is 0 Å². The van der Waals surface area contributed by atoms with Crippen LogP contribution in [0.5, 0.6) is 0 Å². The second-order valence-electron chi connectivity index (χ2n) is 7.73. The van der Waals surface area contributed by atoms with Gasteiger partial charge in [-0.05, 0) is 52.2 Å². The first-order valence-electron chi connectivity index (χ1n) is 10.4. The van der Waals surface area contributed by atoms with Gasteiger partial charge in [-0.3, -0.25) is 9.36 Å². The van der Waals surface area contributed by atoms with E-state index in [1.807, 2.05) is 48.5 Å². The zero-order chi connectivity index (χ0) is 23.3. The fourth-order valence-electron chi connectivity index (χ4n) is 2.68. The Labute approximate surface area is 195 Å². The number of hydrogen-bond acceptors (Lipinski definition) is 5. The summed E-state index contributed by atoms with van der Waals surface area (Å²) in [6.45, 7) is 9.17. The molecule has 0 saturated heterocycles. The molecule has 2 rings (SSSR count). The van der Waals surface area contributed by atoms with E-state index in [4.69, 9.17) is 13.8 Å². The molecule has 2 aromatic carbocycles. The molecule has 7 heteroatoms. The number of benzene rings is 2. The van der Waals surface area contributed by atoms with Gasteiger partial charge >= 0.3 is 13.6 Å². The minimum absolute atomic E-state index is 0.200. The molecule has 0 amide bonds. The number of alkyl halides is 1. The van der Waals surface area contributed by atoms with Crippen LogP contribution >= 0.6 is 23.5 Å². The number of carbonyl (C=O) groups is 1. The third kappa shape index (κ3) is 10.6. The van der Waals surface area contributed by atoms with Crippen LogP contribution in [0.2, 0.25) is 0 Å². The van der Waals surface area contributed by atoms with Crippen molar-refractivity contribution >= 4 is 29.5 Å². The first kappa shape index (κ1) is 27.6. The Morgan fingerprint density at radius 3 is 1.71 bits per heavy atom. The van der Waals surface area contributed by atoms with E-state index in [2.05, 4.69) is 28.1 Å². The topological polar surface area (TPSA) is 61.8 Å². The average Bonchev–Trinajstić information content (AvgIpc) is 2.73. The summed E-state index contributed by atoms with van der Waals surface area (Å²) in [5.74, 6) is -0.563. The van der Waals surface area contributed by atoms with Crippen molar-refractivity contribution in [3.05, 3.63) is 71.8 Å². The summed E-state index contributed by atoms with van der Waals surface area (Å²) in [6.07, 6.45) is 0.243. The van der Waals surface area contributed by atoms with Crippen molar-refractivity contribution in [2.45, 2.75) is 57.6 Å². The highest BCUT2D eigenvalue weighted by Gasteiger charge is 2.43. The Morgan fingerprint density at radius 2 is 1.35 bits per heavy atom. The fraction of sp³-hybridized carbons (Fsp3) is 0.458. The van der Waals surface area contributed by atoms with Crippen molar-refractivity contribution in [1.29, 1.82) is 0 Å². The normalized spacial score (nSPS) is 12.5. The average molecular weight is 513 g/mol. The number of esters is 1. The van der Waals surface area contributed by atoms with Crippen LogP contribution in [0.3, 0.4) is 0 Å². The molecule has 0 fully saturated rings. The van der Waals surface area contributed by atoms with Gasteiger partial charge in [0.2, 0.25) is 0 Å². The summed E-state index contributed by atoms with van der Waals surface area (Å²) in [6, 6.07) is 19.7. The van der Waals surface area contributed by atoms with Crippen LogP contribution in [-0.2, 0) is 34.9 Å². The zero-order valence-electron chi connectivity index (χ0n) is 19.0. The highest BCUT2D eigenvalue weighted by Crippen LogP contribution is 2.54. The van der Waals surface area contributed by atoms with E-state index in [0.717, 1.165) is 10.9 Å². The van der Waals surface area contributed by atoms with E-state index in [0.29, 0.717) is 0 Å². The molecule has 0 bridgehead atoms. The second-order valence-corrected chi connectivity index (χ2v) is 10.5. The van der Waals surface area contributed by atoms with E-state index < -0.39 is 24.8 Å². The maximum Gasteiger partial charge on any atom is 0.345 e. The monoisotopic (exact) mass is 512 g/mol. The largest absolute Gasteiger partial charge is 0.459 e. The van der Waals surface area contributed by atoms with Crippen LogP contribution in [0.25, 0.3) is 0 Å². The van der Waals surface area contributed by atoms with Gasteiger partial charge in [-0.15, -0.1) is 0 Å². The Hall–Kier alpha value is -1.46. The maximum absolute atomic E-state index is 13.1. The van der Waals surface area contributed by atoms with Gasteiger partial charge in [0.25, 0.3) is 0 Å². The summed E-state index contributed by atoms with van der Waals surface area (Å²) >= 11 is 3.36. The highest BCUT2D eigenvalue weighted by atomic mass is 79.9. The molecule has 0 spiro atoms. The second kappa shape index (κ2) is 13.8. The van der Waals surface area contributed by atoms with E-state index in [9.17, 15) is 9.36 Å². The lowest BCUT2D eigenvalue weighted by atomic mass is 10.1. The molecule has 5 nitrogen and oxygen atoms in total. The lowest BCUT2D eigenvalue weighted by Crippen LogP contribution is -2.34. The summed E-state index contributed by atoms with van der Waals surface area (Å²) < 4.78 is 29.3.